The molecule has 1 aromatic rings. The van der Waals surface area contributed by atoms with Crippen LogP contribution in [-0.2, 0) is 18.9 Å². The second-order valence-electron chi connectivity index (χ2n) is 11.5. The van der Waals surface area contributed by atoms with Crippen LogP contribution in [-0.4, -0.2) is 108 Å². The first-order valence-electron chi connectivity index (χ1n) is 13.9. The van der Waals surface area contributed by atoms with Gasteiger partial charge >= 0.3 is 6.09 Å². The summed E-state index contributed by atoms with van der Waals surface area (Å²) in [5.41, 5.74) is 1.27. The van der Waals surface area contributed by atoms with E-state index in [1.54, 1.807) is 19.1 Å². The van der Waals surface area contributed by atoms with Gasteiger partial charge in [-0.15, -0.1) is 0 Å². The summed E-state index contributed by atoms with van der Waals surface area (Å²) in [6.45, 7) is 13.4. The molecule has 0 aromatic heterocycles. The molecule has 2 fully saturated rings. The maximum Gasteiger partial charge on any atom is 0.409 e. The molecule has 10 nitrogen and oxygen atoms in total. The molecule has 2 atom stereocenters. The van der Waals surface area contributed by atoms with Crippen LogP contribution in [0.3, 0.4) is 0 Å². The third kappa shape index (κ3) is 9.06. The zero-order valence-corrected chi connectivity index (χ0v) is 24.5. The summed E-state index contributed by atoms with van der Waals surface area (Å²) >= 11 is 0. The molecule has 0 spiro atoms. The number of methoxy groups -OCH3 is 1. The Morgan fingerprint density at radius 2 is 1.82 bits per heavy atom. The van der Waals surface area contributed by atoms with Gasteiger partial charge in [0.25, 0.3) is 5.91 Å². The molecule has 39 heavy (non-hydrogen) atoms. The van der Waals surface area contributed by atoms with E-state index in [4.69, 9.17) is 23.7 Å². The molecule has 2 heterocycles. The molecule has 2 aliphatic heterocycles. The third-order valence-corrected chi connectivity index (χ3v) is 7.41. The summed E-state index contributed by atoms with van der Waals surface area (Å²) in [5, 5.41) is 3.45. The lowest BCUT2D eigenvalue weighted by atomic mass is 9.93. The average molecular weight is 550 g/mol. The van der Waals surface area contributed by atoms with E-state index in [0.29, 0.717) is 45.1 Å². The van der Waals surface area contributed by atoms with Crippen LogP contribution in [0.5, 0.6) is 5.75 Å². The maximum absolute atomic E-state index is 13.6. The highest BCUT2D eigenvalue weighted by atomic mass is 16.7. The number of carbonyl (C=O) groups is 2. The summed E-state index contributed by atoms with van der Waals surface area (Å²) in [5.74, 6) is 1.11. The minimum absolute atomic E-state index is 0.0182. The molecule has 1 aromatic carbocycles. The van der Waals surface area contributed by atoms with E-state index in [-0.39, 0.29) is 48.7 Å². The van der Waals surface area contributed by atoms with E-state index in [1.807, 2.05) is 50.8 Å². The molecule has 10 heteroatoms. The number of nitrogens with zero attached hydrogens (tertiary/aromatic N) is 2. The van der Waals surface area contributed by atoms with Gasteiger partial charge in [0.1, 0.15) is 19.1 Å². The quantitative estimate of drug-likeness (QED) is 0.375. The Balaban J connectivity index is 1.58. The molecule has 3 rings (SSSR count). The fourth-order valence-electron chi connectivity index (χ4n) is 4.97. The van der Waals surface area contributed by atoms with Crippen molar-refractivity contribution in [2.45, 2.75) is 40.2 Å². The van der Waals surface area contributed by atoms with E-state index in [0.717, 1.165) is 30.8 Å². The van der Waals surface area contributed by atoms with Crippen LogP contribution in [0.1, 0.15) is 43.1 Å². The van der Waals surface area contributed by atoms with Crippen molar-refractivity contribution in [1.29, 1.82) is 0 Å². The topological polar surface area (TPSA) is 98.8 Å². The van der Waals surface area contributed by atoms with Crippen LogP contribution in [0.4, 0.5) is 4.79 Å². The molecule has 2 saturated heterocycles. The molecule has 0 saturated carbocycles. The van der Waals surface area contributed by atoms with E-state index < -0.39 is 0 Å². The number of rotatable bonds is 13. The lowest BCUT2D eigenvalue weighted by Crippen LogP contribution is -2.44. The van der Waals surface area contributed by atoms with Gasteiger partial charge in [-0.05, 0) is 50.3 Å². The molecular weight excluding hydrogens is 502 g/mol. The lowest BCUT2D eigenvalue weighted by Gasteiger charge is -2.34. The average Bonchev–Trinajstić information content (AvgIpc) is 3.35. The number of hydrogen-bond acceptors (Lipinski definition) is 8. The first kappa shape index (κ1) is 31.1. The van der Waals surface area contributed by atoms with Crippen molar-refractivity contribution in [2.24, 2.45) is 17.3 Å². The van der Waals surface area contributed by atoms with Gasteiger partial charge < -0.3 is 38.8 Å². The number of nitrogens with one attached hydrogen (secondary N) is 1. The zero-order chi connectivity index (χ0) is 28.4. The summed E-state index contributed by atoms with van der Waals surface area (Å²) in [6.07, 6.45) is 0.425. The maximum atomic E-state index is 13.6. The van der Waals surface area contributed by atoms with Gasteiger partial charge in [0, 0.05) is 70.4 Å². The molecule has 0 aliphatic carbocycles. The first-order valence-corrected chi connectivity index (χ1v) is 13.9. The van der Waals surface area contributed by atoms with E-state index in [2.05, 4.69) is 5.32 Å². The van der Waals surface area contributed by atoms with Crippen molar-refractivity contribution in [2.75, 3.05) is 80.2 Å². The highest BCUT2D eigenvalue weighted by molar-refractivity contribution is 5.95. The van der Waals surface area contributed by atoms with E-state index in [9.17, 15) is 9.59 Å². The Morgan fingerprint density at radius 1 is 1.13 bits per heavy atom. The highest BCUT2D eigenvalue weighted by Crippen LogP contribution is 2.26. The van der Waals surface area contributed by atoms with Gasteiger partial charge in [0.05, 0.1) is 19.8 Å². The van der Waals surface area contributed by atoms with Crippen molar-refractivity contribution in [3.63, 3.8) is 0 Å². The Labute approximate surface area is 233 Å². The zero-order valence-electron chi connectivity index (χ0n) is 24.5. The third-order valence-electron chi connectivity index (χ3n) is 7.41. The van der Waals surface area contributed by atoms with Crippen molar-refractivity contribution in [1.82, 2.24) is 15.1 Å². The molecule has 0 bridgehead atoms. The molecule has 2 amide bonds. The van der Waals surface area contributed by atoms with Crippen LogP contribution in [0.25, 0.3) is 0 Å². The molecule has 2 aliphatic rings. The first-order chi connectivity index (χ1) is 18.6. The van der Waals surface area contributed by atoms with Crippen LogP contribution >= 0.6 is 0 Å². The molecule has 1 N–H and O–H groups in total. The van der Waals surface area contributed by atoms with Gasteiger partial charge in [-0.25, -0.2) is 4.79 Å². The number of aryl methyl sites for hydroxylation is 1. The van der Waals surface area contributed by atoms with Gasteiger partial charge in [-0.2, -0.15) is 0 Å². The second kappa shape index (κ2) is 14.8. The molecule has 0 unspecified atom stereocenters. The van der Waals surface area contributed by atoms with Crippen molar-refractivity contribution < 1.29 is 33.3 Å². The standard InChI is InChI=1S/C29H47N3O7/c1-21(2)32(27(33)23-9-8-22(3)26(12-23)38-11-7-10-35-6)16-25-14-30-13-24(25)15-31(5)28(34)39-19-29(4)17-36-20-37-18-29/h8-9,12,21,24-25,30H,7,10-11,13-20H2,1-6H3/t24-,25-/m0/s1. The van der Waals surface area contributed by atoms with E-state index in [1.165, 1.54) is 0 Å². The Kier molecular flexibility index (Phi) is 11.8. The van der Waals surface area contributed by atoms with Gasteiger partial charge in [0.2, 0.25) is 0 Å². The van der Waals surface area contributed by atoms with Gasteiger partial charge in [0.15, 0.2) is 0 Å². The number of amides is 2. The molecule has 0 radical (unpaired) electrons. The minimum atomic E-state index is -0.359. The van der Waals surface area contributed by atoms with Crippen LogP contribution < -0.4 is 10.1 Å². The summed E-state index contributed by atoms with van der Waals surface area (Å²) in [7, 11) is 3.43. The minimum Gasteiger partial charge on any atom is -0.493 e. The summed E-state index contributed by atoms with van der Waals surface area (Å²) < 4.78 is 27.3. The van der Waals surface area contributed by atoms with Crippen LogP contribution in [0.15, 0.2) is 18.2 Å². The van der Waals surface area contributed by atoms with Crippen molar-refractivity contribution >= 4 is 12.0 Å². The smallest absolute Gasteiger partial charge is 0.409 e. The Bertz CT molecular complexity index is 935. The number of benzene rings is 1. The fourth-order valence-corrected chi connectivity index (χ4v) is 4.97. The SMILES string of the molecule is COCCCOc1cc(C(=O)N(C[C@@H]2CNC[C@H]2CN(C)C(=O)OCC2(C)COCOC2)C(C)C)ccc1C. The fraction of sp³-hybridized carbons (Fsp3) is 0.724. The van der Waals surface area contributed by atoms with Crippen molar-refractivity contribution in [3.8, 4) is 5.75 Å². The summed E-state index contributed by atoms with van der Waals surface area (Å²) in [4.78, 5) is 29.9. The van der Waals surface area contributed by atoms with Gasteiger partial charge in [-0.1, -0.05) is 13.0 Å². The van der Waals surface area contributed by atoms with Crippen LogP contribution in [0, 0.1) is 24.2 Å². The molecular formula is C29H47N3O7. The highest BCUT2D eigenvalue weighted by Gasteiger charge is 2.34. The number of hydrogen-bond donors (Lipinski definition) is 1. The van der Waals surface area contributed by atoms with Gasteiger partial charge in [-0.3, -0.25) is 4.79 Å². The normalized spacial score (nSPS) is 20.6. The predicted molar refractivity (Wildman–Crippen MR) is 148 cm³/mol. The lowest BCUT2D eigenvalue weighted by molar-refractivity contribution is -0.170. The number of ether oxygens (including phenoxy) is 5. The van der Waals surface area contributed by atoms with Crippen molar-refractivity contribution in [3.05, 3.63) is 29.3 Å². The Hall–Kier alpha value is -2.40. The van der Waals surface area contributed by atoms with Crippen LogP contribution in [0.2, 0.25) is 0 Å². The molecule has 220 valence electrons. The monoisotopic (exact) mass is 549 g/mol. The number of carbonyl (C=O) groups excluding carboxylic acids is 2. The largest absolute Gasteiger partial charge is 0.493 e. The predicted octanol–water partition coefficient (Wildman–Crippen LogP) is 3.18. The van der Waals surface area contributed by atoms with E-state index >= 15 is 0 Å². The summed E-state index contributed by atoms with van der Waals surface area (Å²) in [6, 6.07) is 5.67. The second-order valence-corrected chi connectivity index (χ2v) is 11.5. The Morgan fingerprint density at radius 3 is 2.49 bits per heavy atom.